The van der Waals surface area contributed by atoms with E-state index in [1.807, 2.05) is 13.0 Å². The van der Waals surface area contributed by atoms with Crippen LogP contribution in [0.1, 0.15) is 30.9 Å². The maximum Gasteiger partial charge on any atom is 0.126 e. The van der Waals surface area contributed by atoms with E-state index in [-0.39, 0.29) is 11.1 Å². The fraction of sp³-hybridized carbons (Fsp3) is 0.538. The molecule has 1 fully saturated rings. The quantitative estimate of drug-likeness (QED) is 0.813. The molecular weight excluding hydrogens is 223 g/mol. The third-order valence-corrected chi connectivity index (χ3v) is 4.83. The lowest BCUT2D eigenvalue weighted by molar-refractivity contribution is 0.0251. The highest BCUT2D eigenvalue weighted by Gasteiger charge is 2.38. The van der Waals surface area contributed by atoms with Gasteiger partial charge in [0.15, 0.2) is 0 Å². The van der Waals surface area contributed by atoms with E-state index in [1.54, 1.807) is 24.8 Å². The van der Waals surface area contributed by atoms with Crippen molar-refractivity contribution in [2.75, 3.05) is 5.75 Å². The monoisotopic (exact) mass is 240 g/mol. The summed E-state index contributed by atoms with van der Waals surface area (Å²) in [7, 11) is 0. The topological polar surface area (TPSA) is 20.2 Å². The number of aliphatic hydroxyl groups is 1. The minimum atomic E-state index is -0.864. The second kappa shape index (κ2) is 4.38. The number of aryl methyl sites for hydroxylation is 1. The molecule has 3 heteroatoms. The summed E-state index contributed by atoms with van der Waals surface area (Å²) in [5.74, 6) is 0.853. The van der Waals surface area contributed by atoms with Gasteiger partial charge in [0, 0.05) is 5.25 Å². The van der Waals surface area contributed by atoms with Gasteiger partial charge in [0.05, 0.1) is 0 Å². The van der Waals surface area contributed by atoms with Crippen molar-refractivity contribution in [3.05, 3.63) is 35.1 Å². The van der Waals surface area contributed by atoms with E-state index in [1.165, 1.54) is 6.07 Å². The van der Waals surface area contributed by atoms with Crippen LogP contribution in [0.25, 0.3) is 0 Å². The van der Waals surface area contributed by atoms with E-state index in [4.69, 9.17) is 0 Å². The molecule has 0 bridgehead atoms. The molecule has 1 aliphatic heterocycles. The van der Waals surface area contributed by atoms with Crippen LogP contribution in [0, 0.1) is 12.7 Å². The Morgan fingerprint density at radius 2 is 2.25 bits per heavy atom. The Balaban J connectivity index is 2.37. The Morgan fingerprint density at radius 1 is 1.50 bits per heavy atom. The number of benzene rings is 1. The highest BCUT2D eigenvalue weighted by molar-refractivity contribution is 8.00. The van der Waals surface area contributed by atoms with Crippen LogP contribution in [-0.2, 0) is 5.60 Å². The van der Waals surface area contributed by atoms with Crippen LogP contribution in [0.2, 0.25) is 0 Å². The van der Waals surface area contributed by atoms with Crippen LogP contribution in [-0.4, -0.2) is 16.1 Å². The molecule has 0 aromatic heterocycles. The minimum Gasteiger partial charge on any atom is -0.384 e. The average molecular weight is 240 g/mol. The first-order valence-corrected chi connectivity index (χ1v) is 6.69. The lowest BCUT2D eigenvalue weighted by Crippen LogP contribution is -2.38. The first-order valence-electron chi connectivity index (χ1n) is 5.64. The van der Waals surface area contributed by atoms with Crippen molar-refractivity contribution < 1.29 is 9.50 Å². The molecule has 1 aromatic rings. The largest absolute Gasteiger partial charge is 0.384 e. The van der Waals surface area contributed by atoms with Crippen LogP contribution >= 0.6 is 11.8 Å². The van der Waals surface area contributed by atoms with Gasteiger partial charge in [-0.2, -0.15) is 11.8 Å². The van der Waals surface area contributed by atoms with Crippen LogP contribution in [0.5, 0.6) is 0 Å². The molecule has 0 saturated carbocycles. The number of hydrogen-bond acceptors (Lipinski definition) is 2. The van der Waals surface area contributed by atoms with Crippen LogP contribution in [0.15, 0.2) is 18.2 Å². The molecule has 2 atom stereocenters. The molecule has 1 nitrogen and oxygen atoms in total. The summed E-state index contributed by atoms with van der Waals surface area (Å²) in [6, 6.07) is 5.08. The smallest absolute Gasteiger partial charge is 0.126 e. The fourth-order valence-electron chi connectivity index (χ4n) is 2.18. The summed E-state index contributed by atoms with van der Waals surface area (Å²) in [6.45, 7) is 3.75. The van der Waals surface area contributed by atoms with Gasteiger partial charge in [-0.05, 0) is 42.7 Å². The SMILES string of the molecule is Cc1ccc(C2(O)CCCSC2C)cc1F. The maximum absolute atomic E-state index is 13.5. The van der Waals surface area contributed by atoms with Gasteiger partial charge in [0.25, 0.3) is 0 Å². The molecule has 1 saturated heterocycles. The van der Waals surface area contributed by atoms with Crippen molar-refractivity contribution >= 4 is 11.8 Å². The first-order chi connectivity index (χ1) is 7.54. The first kappa shape index (κ1) is 11.9. The second-order valence-electron chi connectivity index (χ2n) is 4.50. The fourth-order valence-corrected chi connectivity index (χ4v) is 3.38. The van der Waals surface area contributed by atoms with Gasteiger partial charge in [0.1, 0.15) is 11.4 Å². The molecular formula is C13H17FOS. The molecule has 2 rings (SSSR count). The van der Waals surface area contributed by atoms with Gasteiger partial charge in [-0.3, -0.25) is 0 Å². The van der Waals surface area contributed by atoms with E-state index in [0.717, 1.165) is 24.2 Å². The molecule has 1 heterocycles. The summed E-state index contributed by atoms with van der Waals surface area (Å²) in [5.41, 5.74) is 0.482. The molecule has 16 heavy (non-hydrogen) atoms. The van der Waals surface area contributed by atoms with Gasteiger partial charge in [-0.15, -0.1) is 0 Å². The predicted molar refractivity (Wildman–Crippen MR) is 66.2 cm³/mol. The lowest BCUT2D eigenvalue weighted by Gasteiger charge is -2.38. The molecule has 2 unspecified atom stereocenters. The zero-order valence-electron chi connectivity index (χ0n) is 9.66. The lowest BCUT2D eigenvalue weighted by atomic mass is 9.85. The molecule has 1 N–H and O–H groups in total. The van der Waals surface area contributed by atoms with Crippen LogP contribution in [0.4, 0.5) is 4.39 Å². The number of thioether (sulfide) groups is 1. The van der Waals surface area contributed by atoms with Gasteiger partial charge >= 0.3 is 0 Å². The van der Waals surface area contributed by atoms with E-state index in [9.17, 15) is 9.50 Å². The van der Waals surface area contributed by atoms with Crippen molar-refractivity contribution in [2.45, 2.75) is 37.5 Å². The van der Waals surface area contributed by atoms with Crippen LogP contribution in [0.3, 0.4) is 0 Å². The maximum atomic E-state index is 13.5. The van der Waals surface area contributed by atoms with Crippen molar-refractivity contribution in [3.63, 3.8) is 0 Å². The van der Waals surface area contributed by atoms with Gasteiger partial charge in [-0.25, -0.2) is 4.39 Å². The molecule has 1 aromatic carbocycles. The van der Waals surface area contributed by atoms with Crippen LogP contribution < -0.4 is 0 Å². The van der Waals surface area contributed by atoms with Crippen molar-refractivity contribution in [3.8, 4) is 0 Å². The summed E-state index contributed by atoms with van der Waals surface area (Å²) in [6.07, 6.45) is 1.71. The minimum absolute atomic E-state index is 0.128. The van der Waals surface area contributed by atoms with Gasteiger partial charge < -0.3 is 5.11 Å². The Morgan fingerprint density at radius 3 is 2.88 bits per heavy atom. The predicted octanol–water partition coefficient (Wildman–Crippen LogP) is 3.24. The Kier molecular flexibility index (Phi) is 3.27. The van der Waals surface area contributed by atoms with Gasteiger partial charge in [0.2, 0.25) is 0 Å². The third kappa shape index (κ3) is 1.98. The summed E-state index contributed by atoms with van der Waals surface area (Å²) < 4.78 is 13.5. The molecule has 1 aliphatic rings. The standard InChI is InChI=1S/C13H17FOS/c1-9-4-5-11(8-12(9)14)13(15)6-3-7-16-10(13)2/h4-5,8,10,15H,3,6-7H2,1-2H3. The van der Waals surface area contributed by atoms with Crippen molar-refractivity contribution in [1.82, 2.24) is 0 Å². The zero-order valence-corrected chi connectivity index (χ0v) is 10.5. The Hall–Kier alpha value is -0.540. The number of hydrogen-bond donors (Lipinski definition) is 1. The Bertz CT molecular complexity index is 394. The Labute approximate surface area is 100 Å². The van der Waals surface area contributed by atoms with E-state index < -0.39 is 5.60 Å². The molecule has 0 radical (unpaired) electrons. The molecule has 0 amide bonds. The summed E-state index contributed by atoms with van der Waals surface area (Å²) in [5, 5.41) is 10.8. The summed E-state index contributed by atoms with van der Waals surface area (Å²) >= 11 is 1.76. The summed E-state index contributed by atoms with van der Waals surface area (Å²) in [4.78, 5) is 0. The molecule has 0 spiro atoms. The molecule has 0 aliphatic carbocycles. The average Bonchev–Trinajstić information content (AvgIpc) is 2.26. The highest BCUT2D eigenvalue weighted by atomic mass is 32.2. The highest BCUT2D eigenvalue weighted by Crippen LogP contribution is 2.41. The van der Waals surface area contributed by atoms with E-state index >= 15 is 0 Å². The van der Waals surface area contributed by atoms with Crippen molar-refractivity contribution in [1.29, 1.82) is 0 Å². The molecule has 88 valence electrons. The third-order valence-electron chi connectivity index (χ3n) is 3.41. The van der Waals surface area contributed by atoms with E-state index in [0.29, 0.717) is 5.56 Å². The normalized spacial score (nSPS) is 30.4. The van der Waals surface area contributed by atoms with E-state index in [2.05, 4.69) is 0 Å². The number of rotatable bonds is 1. The second-order valence-corrected chi connectivity index (χ2v) is 5.95. The zero-order chi connectivity index (χ0) is 11.8. The van der Waals surface area contributed by atoms with Gasteiger partial charge in [-0.1, -0.05) is 19.1 Å². The number of halogens is 1. The van der Waals surface area contributed by atoms with Crippen molar-refractivity contribution in [2.24, 2.45) is 0 Å².